The minimum Gasteiger partial charge on any atom is -0.326 e. The van der Waals surface area contributed by atoms with Crippen molar-refractivity contribution in [3.05, 3.63) is 48.6 Å². The second-order valence-electron chi connectivity index (χ2n) is 5.70. The van der Waals surface area contributed by atoms with Gasteiger partial charge in [-0.2, -0.15) is 13.2 Å². The third kappa shape index (κ3) is 5.48. The van der Waals surface area contributed by atoms with Gasteiger partial charge in [-0.3, -0.25) is 9.59 Å². The number of carbonyl (C=O) groups excluding carboxylic acids is 2. The Labute approximate surface area is 144 Å². The summed E-state index contributed by atoms with van der Waals surface area (Å²) in [6.45, 7) is 2.55. The van der Waals surface area contributed by atoms with Gasteiger partial charge in [0.05, 0.1) is 0 Å². The van der Waals surface area contributed by atoms with Crippen LogP contribution < -0.4 is 4.90 Å². The maximum atomic E-state index is 12.5. The lowest BCUT2D eigenvalue weighted by Crippen LogP contribution is -2.38. The quantitative estimate of drug-likeness (QED) is 0.582. The first kappa shape index (κ1) is 18.8. The SMILES string of the molecule is C=CCN(CC(F)(F)F)C(=O)/C=C/c1ccc(N2CCCC2=O)cc1. The third-order valence-electron chi connectivity index (χ3n) is 3.73. The minimum atomic E-state index is -4.46. The minimum absolute atomic E-state index is 0.0747. The molecule has 0 saturated carbocycles. The first-order valence-corrected chi connectivity index (χ1v) is 7.85. The molecule has 0 aliphatic carbocycles. The molecule has 0 unspecified atom stereocenters. The molecule has 2 rings (SSSR count). The summed E-state index contributed by atoms with van der Waals surface area (Å²) in [4.78, 5) is 26.0. The molecule has 2 amide bonds. The Morgan fingerprint density at radius 1 is 1.28 bits per heavy atom. The molecule has 7 heteroatoms. The number of anilines is 1. The van der Waals surface area contributed by atoms with E-state index < -0.39 is 18.6 Å². The standard InChI is InChI=1S/C18H19F3N2O2/c1-2-11-22(13-18(19,20)21)16(24)10-7-14-5-8-15(9-6-14)23-12-3-4-17(23)25/h2,5-10H,1,3-4,11-13H2/b10-7+. The molecule has 1 saturated heterocycles. The van der Waals surface area contributed by atoms with Crippen molar-refractivity contribution < 1.29 is 22.8 Å². The van der Waals surface area contributed by atoms with Gasteiger partial charge in [-0.15, -0.1) is 6.58 Å². The number of benzene rings is 1. The number of hydrogen-bond donors (Lipinski definition) is 0. The van der Waals surface area contributed by atoms with E-state index in [0.717, 1.165) is 18.2 Å². The Kier molecular flexibility index (Phi) is 6.01. The molecule has 134 valence electrons. The van der Waals surface area contributed by atoms with Crippen LogP contribution in [0, 0.1) is 0 Å². The topological polar surface area (TPSA) is 40.6 Å². The van der Waals surface area contributed by atoms with Crippen molar-refractivity contribution in [2.45, 2.75) is 19.0 Å². The van der Waals surface area contributed by atoms with E-state index in [1.54, 1.807) is 29.2 Å². The molecule has 0 aromatic heterocycles. The molecule has 1 heterocycles. The summed E-state index contributed by atoms with van der Waals surface area (Å²) in [5, 5.41) is 0. The van der Waals surface area contributed by atoms with E-state index in [1.807, 2.05) is 0 Å². The van der Waals surface area contributed by atoms with Gasteiger partial charge in [0.25, 0.3) is 0 Å². The van der Waals surface area contributed by atoms with Crippen LogP contribution in [0.1, 0.15) is 18.4 Å². The number of carbonyl (C=O) groups is 2. The average molecular weight is 352 g/mol. The van der Waals surface area contributed by atoms with E-state index >= 15 is 0 Å². The lowest BCUT2D eigenvalue weighted by molar-refractivity contribution is -0.157. The summed E-state index contributed by atoms with van der Waals surface area (Å²) < 4.78 is 37.5. The van der Waals surface area contributed by atoms with Crippen LogP contribution in [0.5, 0.6) is 0 Å². The smallest absolute Gasteiger partial charge is 0.326 e. The van der Waals surface area contributed by atoms with Crippen molar-refractivity contribution in [2.75, 3.05) is 24.5 Å². The van der Waals surface area contributed by atoms with Crippen molar-refractivity contribution in [1.82, 2.24) is 4.90 Å². The second-order valence-corrected chi connectivity index (χ2v) is 5.70. The Morgan fingerprint density at radius 3 is 2.48 bits per heavy atom. The van der Waals surface area contributed by atoms with Crippen molar-refractivity contribution in [2.24, 2.45) is 0 Å². The molecule has 1 aliphatic heterocycles. The predicted octanol–water partition coefficient (Wildman–Crippen LogP) is 3.40. The summed E-state index contributed by atoms with van der Waals surface area (Å²) in [5.74, 6) is -0.665. The highest BCUT2D eigenvalue weighted by molar-refractivity contribution is 5.95. The van der Waals surface area contributed by atoms with Crippen LogP contribution in [0.3, 0.4) is 0 Å². The lowest BCUT2D eigenvalue weighted by Gasteiger charge is -2.20. The fraction of sp³-hybridized carbons (Fsp3) is 0.333. The van der Waals surface area contributed by atoms with Crippen LogP contribution in [0.4, 0.5) is 18.9 Å². The van der Waals surface area contributed by atoms with Crippen LogP contribution in [-0.2, 0) is 9.59 Å². The number of halogens is 3. The van der Waals surface area contributed by atoms with Gasteiger partial charge < -0.3 is 9.80 Å². The molecule has 0 radical (unpaired) electrons. The van der Waals surface area contributed by atoms with Gasteiger partial charge in [0.15, 0.2) is 0 Å². The van der Waals surface area contributed by atoms with Gasteiger partial charge in [0, 0.05) is 31.3 Å². The summed E-state index contributed by atoms with van der Waals surface area (Å²) >= 11 is 0. The van der Waals surface area contributed by atoms with Gasteiger partial charge >= 0.3 is 6.18 Å². The number of amides is 2. The predicted molar refractivity (Wildman–Crippen MR) is 89.9 cm³/mol. The van der Waals surface area contributed by atoms with Gasteiger partial charge in [-0.1, -0.05) is 18.2 Å². The first-order valence-electron chi connectivity index (χ1n) is 7.85. The van der Waals surface area contributed by atoms with Crippen LogP contribution in [-0.4, -0.2) is 42.5 Å². The maximum absolute atomic E-state index is 12.5. The van der Waals surface area contributed by atoms with Crippen molar-refractivity contribution in [3.8, 4) is 0 Å². The third-order valence-corrected chi connectivity index (χ3v) is 3.73. The average Bonchev–Trinajstić information content (AvgIpc) is 2.97. The zero-order chi connectivity index (χ0) is 18.4. The summed E-state index contributed by atoms with van der Waals surface area (Å²) in [7, 11) is 0. The molecule has 0 bridgehead atoms. The van der Waals surface area contributed by atoms with Crippen LogP contribution in [0.25, 0.3) is 6.08 Å². The molecule has 4 nitrogen and oxygen atoms in total. The molecule has 1 aromatic carbocycles. The Morgan fingerprint density at radius 2 is 1.96 bits per heavy atom. The fourth-order valence-electron chi connectivity index (χ4n) is 2.56. The largest absolute Gasteiger partial charge is 0.406 e. The normalized spacial score (nSPS) is 15.0. The summed E-state index contributed by atoms with van der Waals surface area (Å²) in [5.41, 5.74) is 1.44. The first-order chi connectivity index (χ1) is 11.8. The Balaban J connectivity index is 2.03. The number of rotatable bonds is 6. The van der Waals surface area contributed by atoms with E-state index in [0.29, 0.717) is 23.4 Å². The molecule has 1 aromatic rings. The lowest BCUT2D eigenvalue weighted by atomic mass is 10.2. The van der Waals surface area contributed by atoms with Gasteiger partial charge in [0.2, 0.25) is 11.8 Å². The van der Waals surface area contributed by atoms with Gasteiger partial charge in [-0.25, -0.2) is 0 Å². The van der Waals surface area contributed by atoms with Crippen LogP contribution >= 0.6 is 0 Å². The molecule has 1 aliphatic rings. The number of nitrogens with zero attached hydrogens (tertiary/aromatic N) is 2. The highest BCUT2D eigenvalue weighted by Gasteiger charge is 2.31. The van der Waals surface area contributed by atoms with Crippen molar-refractivity contribution >= 4 is 23.6 Å². The van der Waals surface area contributed by atoms with E-state index in [9.17, 15) is 22.8 Å². The van der Waals surface area contributed by atoms with Gasteiger partial charge in [0.1, 0.15) is 6.54 Å². The van der Waals surface area contributed by atoms with Crippen LogP contribution in [0.15, 0.2) is 43.0 Å². The van der Waals surface area contributed by atoms with Crippen LogP contribution in [0.2, 0.25) is 0 Å². The van der Waals surface area contributed by atoms with Crippen molar-refractivity contribution in [3.63, 3.8) is 0 Å². The molecule has 1 fully saturated rings. The van der Waals surface area contributed by atoms with Gasteiger partial charge in [-0.05, 0) is 30.2 Å². The monoisotopic (exact) mass is 352 g/mol. The highest BCUT2D eigenvalue weighted by Crippen LogP contribution is 2.22. The highest BCUT2D eigenvalue weighted by atomic mass is 19.4. The molecular formula is C18H19F3N2O2. The molecular weight excluding hydrogens is 333 g/mol. The Bertz CT molecular complexity index is 666. The maximum Gasteiger partial charge on any atom is 0.406 e. The fourth-order valence-corrected chi connectivity index (χ4v) is 2.56. The Hall–Kier alpha value is -2.57. The zero-order valence-corrected chi connectivity index (χ0v) is 13.6. The molecule has 0 atom stereocenters. The van der Waals surface area contributed by atoms with E-state index in [2.05, 4.69) is 6.58 Å². The summed E-state index contributed by atoms with van der Waals surface area (Å²) in [6, 6.07) is 6.94. The van der Waals surface area contributed by atoms with E-state index in [4.69, 9.17) is 0 Å². The number of alkyl halides is 3. The zero-order valence-electron chi connectivity index (χ0n) is 13.6. The summed E-state index contributed by atoms with van der Waals surface area (Å²) in [6.07, 6.45) is 0.702. The molecule has 25 heavy (non-hydrogen) atoms. The van der Waals surface area contributed by atoms with E-state index in [-0.39, 0.29) is 12.5 Å². The van der Waals surface area contributed by atoms with Crippen molar-refractivity contribution in [1.29, 1.82) is 0 Å². The van der Waals surface area contributed by atoms with E-state index in [1.165, 1.54) is 12.2 Å². The molecule has 0 N–H and O–H groups in total. The second kappa shape index (κ2) is 8.00. The molecule has 0 spiro atoms. The number of hydrogen-bond acceptors (Lipinski definition) is 2.